The maximum atomic E-state index is 13.0. The van der Waals surface area contributed by atoms with Crippen LogP contribution >= 0.6 is 23.2 Å². The van der Waals surface area contributed by atoms with Gasteiger partial charge in [0.25, 0.3) is 0 Å². The maximum absolute atomic E-state index is 13.0. The Bertz CT molecular complexity index is 1230. The number of halogens is 5. The number of nitrogens with zero attached hydrogens (tertiary/aromatic N) is 6. The van der Waals surface area contributed by atoms with Crippen LogP contribution in [0.15, 0.2) is 33.3 Å². The van der Waals surface area contributed by atoms with Crippen molar-refractivity contribution in [3.8, 4) is 12.4 Å². The van der Waals surface area contributed by atoms with Gasteiger partial charge in [-0.15, -0.1) is 4.36 Å². The molecule has 0 saturated heterocycles. The molecule has 35 heavy (non-hydrogen) atoms. The molecular formula is C16H14Cl2F2IN6NaO5S2. The fraction of sp³-hybridized carbons (Fsp3) is 0.250. The molecule has 19 heteroatoms. The Balaban J connectivity index is 0. The van der Waals surface area contributed by atoms with Gasteiger partial charge in [-0.05, 0) is 29.5 Å². The Morgan fingerprint density at radius 1 is 1.06 bits per heavy atom. The van der Waals surface area contributed by atoms with E-state index in [2.05, 4.69) is 18.7 Å². The Hall–Kier alpha value is -0.610. The Labute approximate surface area is 241 Å². The van der Waals surface area contributed by atoms with Crippen LogP contribution in [0.4, 0.5) is 8.78 Å². The van der Waals surface area contributed by atoms with Crippen LogP contribution in [0.25, 0.3) is 0 Å². The van der Waals surface area contributed by atoms with Gasteiger partial charge < -0.3 is 0 Å². The van der Waals surface area contributed by atoms with Gasteiger partial charge in [-0.1, -0.05) is 33.9 Å². The summed E-state index contributed by atoms with van der Waals surface area (Å²) >= 11 is 4.86. The molecule has 11 nitrogen and oxygen atoms in total. The van der Waals surface area contributed by atoms with Crippen LogP contribution in [-0.2, 0) is 31.9 Å². The van der Waals surface area contributed by atoms with Crippen LogP contribution in [0.5, 0.6) is 0 Å². The molecule has 2 unspecified atom stereocenters. The summed E-state index contributed by atoms with van der Waals surface area (Å²) in [6.07, 6.45) is 9.09. The number of nitriles is 2. The van der Waals surface area contributed by atoms with Gasteiger partial charge in [-0.3, -0.25) is 13.7 Å². The first-order chi connectivity index (χ1) is 15.6. The van der Waals surface area contributed by atoms with Gasteiger partial charge >= 0.3 is 29.6 Å². The SMILES string of the molecule is CS(=O)(Cc1cnc(Cl)c(F)c1)=NC#N.CS(Cc1cnc(Cl)c(F)c1)=NC#N.[Na+].[O-][I+3]([O-])([O-])[O-]. The topological polar surface area (TPSA) is 207 Å². The summed E-state index contributed by atoms with van der Waals surface area (Å²) in [5.74, 6) is -0.740. The predicted octanol–water partition coefficient (Wildman–Crippen LogP) is -6.51. The van der Waals surface area contributed by atoms with Crippen molar-refractivity contribution in [1.29, 1.82) is 10.5 Å². The molecular weight excluding hydrogens is 679 g/mol. The monoisotopic (exact) mass is 692 g/mol. The van der Waals surface area contributed by atoms with Crippen LogP contribution in [0, 0.1) is 34.5 Å². The normalized spacial score (nSPS) is 12.7. The molecule has 2 aromatic rings. The van der Waals surface area contributed by atoms with E-state index in [9.17, 15) is 13.0 Å². The van der Waals surface area contributed by atoms with Crippen LogP contribution in [-0.4, -0.2) is 26.7 Å². The summed E-state index contributed by atoms with van der Waals surface area (Å²) < 4.78 is 78.8. The summed E-state index contributed by atoms with van der Waals surface area (Å²) in [6, 6.07) is 2.44. The zero-order chi connectivity index (χ0) is 26.5. The zero-order valence-corrected chi connectivity index (χ0v) is 25.5. The first kappa shape index (κ1) is 36.5. The molecule has 0 radical (unpaired) electrons. The van der Waals surface area contributed by atoms with Crippen LogP contribution in [0.2, 0.25) is 10.3 Å². The number of pyridine rings is 2. The minimum atomic E-state index is -5.94. The Morgan fingerprint density at radius 3 is 1.89 bits per heavy atom. The summed E-state index contributed by atoms with van der Waals surface area (Å²) in [6.45, 7) is 0. The average Bonchev–Trinajstić information content (AvgIpc) is 2.67. The fourth-order valence-electron chi connectivity index (χ4n) is 1.85. The Kier molecular flexibility index (Phi) is 18.6. The minimum absolute atomic E-state index is 0. The first-order valence-corrected chi connectivity index (χ1v) is 16.2. The summed E-state index contributed by atoms with van der Waals surface area (Å²) in [5.41, 5.74) is 1.08. The number of aromatic nitrogens is 2. The molecule has 0 fully saturated rings. The van der Waals surface area contributed by atoms with Crippen molar-refractivity contribution in [3.63, 3.8) is 0 Å². The Morgan fingerprint density at radius 2 is 1.49 bits per heavy atom. The molecule has 2 atom stereocenters. The first-order valence-electron chi connectivity index (χ1n) is 8.10. The van der Waals surface area contributed by atoms with Gasteiger partial charge in [0.1, 0.15) is 20.1 Å². The van der Waals surface area contributed by atoms with Crippen molar-refractivity contribution in [2.75, 3.05) is 12.5 Å². The summed E-state index contributed by atoms with van der Waals surface area (Å²) in [7, 11) is -3.07. The minimum Gasteiger partial charge on any atom is -0.286 e. The van der Waals surface area contributed by atoms with Crippen molar-refractivity contribution in [2.45, 2.75) is 11.5 Å². The van der Waals surface area contributed by atoms with Crippen molar-refractivity contribution in [3.05, 3.63) is 57.6 Å². The van der Waals surface area contributed by atoms with Gasteiger partial charge in [-0.2, -0.15) is 14.9 Å². The van der Waals surface area contributed by atoms with Gasteiger partial charge in [0.2, 0.25) is 12.4 Å². The van der Waals surface area contributed by atoms with Crippen LogP contribution in [0.1, 0.15) is 11.1 Å². The van der Waals surface area contributed by atoms with Crippen molar-refractivity contribution in [2.24, 2.45) is 8.73 Å². The van der Waals surface area contributed by atoms with E-state index in [4.69, 9.17) is 47.5 Å². The van der Waals surface area contributed by atoms with E-state index in [1.54, 1.807) is 12.4 Å². The molecule has 0 N–H and O–H groups in total. The third-order valence-electron chi connectivity index (χ3n) is 2.95. The molecule has 2 aromatic heterocycles. The standard InChI is InChI=1S/C8H7ClFN3OS.C8H7ClFN3S.IO4.Na/c1-15(14,13-5-11)4-6-2-7(10)8(9)12-3-6;1-14(13-5-11)4-6-2-7(10)8(9)12-3-6;2-1(3,4)5;/h2-3H,4H2,1H3;2-3H,4H2,1H3;;/q;;-1;+1. The van der Waals surface area contributed by atoms with Crippen molar-refractivity contribution >= 4 is 43.6 Å². The number of hydrogen-bond donors (Lipinski definition) is 0. The van der Waals surface area contributed by atoms with Crippen molar-refractivity contribution < 1.29 is 76.4 Å². The smallest absolute Gasteiger partial charge is 0.286 e. The van der Waals surface area contributed by atoms with Crippen molar-refractivity contribution in [1.82, 2.24) is 9.97 Å². The summed E-state index contributed by atoms with van der Waals surface area (Å²) in [4.78, 5) is 7.23. The second kappa shape index (κ2) is 17.8. The quantitative estimate of drug-likeness (QED) is 0.129. The molecule has 0 aliphatic rings. The molecule has 2 rings (SSSR count). The van der Waals surface area contributed by atoms with Crippen LogP contribution < -0.4 is 63.4 Å². The largest absolute Gasteiger partial charge is 1.00 e. The second-order valence-corrected chi connectivity index (χ2v) is 12.8. The van der Waals surface area contributed by atoms with Gasteiger partial charge in [0.05, 0.1) is 15.5 Å². The molecule has 0 aliphatic heterocycles. The van der Waals surface area contributed by atoms with E-state index < -0.39 is 52.1 Å². The zero-order valence-electron chi connectivity index (χ0n) is 18.2. The molecule has 2 heterocycles. The third-order valence-corrected chi connectivity index (χ3v) is 5.98. The number of hydrogen-bond acceptors (Lipinski definition) is 11. The molecule has 186 valence electrons. The predicted molar refractivity (Wildman–Crippen MR) is 109 cm³/mol. The molecule has 0 spiro atoms. The molecule has 0 bridgehead atoms. The van der Waals surface area contributed by atoms with Gasteiger partial charge in [0, 0.05) is 24.4 Å². The molecule has 0 amide bonds. The maximum Gasteiger partial charge on any atom is 1.00 e. The van der Waals surface area contributed by atoms with Crippen LogP contribution in [0.3, 0.4) is 0 Å². The fourth-order valence-corrected chi connectivity index (χ4v) is 3.92. The van der Waals surface area contributed by atoms with E-state index in [-0.39, 0.29) is 45.6 Å². The average molecular weight is 693 g/mol. The van der Waals surface area contributed by atoms with E-state index in [0.717, 1.165) is 6.07 Å². The van der Waals surface area contributed by atoms with E-state index in [1.165, 1.54) is 30.9 Å². The van der Waals surface area contributed by atoms with Gasteiger partial charge in [0.15, 0.2) is 21.9 Å². The summed E-state index contributed by atoms with van der Waals surface area (Å²) in [5, 5.41) is 16.2. The van der Waals surface area contributed by atoms with E-state index in [0.29, 0.717) is 16.9 Å². The third kappa shape index (κ3) is 19.2. The van der Waals surface area contributed by atoms with E-state index in [1.807, 2.05) is 0 Å². The number of rotatable bonds is 4. The second-order valence-electron chi connectivity index (χ2n) is 5.84. The van der Waals surface area contributed by atoms with Gasteiger partial charge in [-0.25, -0.2) is 23.0 Å². The van der Waals surface area contributed by atoms with E-state index >= 15 is 0 Å². The molecule has 0 aliphatic carbocycles. The molecule has 0 saturated carbocycles. The molecule has 0 aromatic carbocycles.